The van der Waals surface area contributed by atoms with E-state index in [1.54, 1.807) is 21.6 Å². The zero-order valence-electron chi connectivity index (χ0n) is 11.6. The van der Waals surface area contributed by atoms with Crippen LogP contribution in [0.5, 0.6) is 0 Å². The molecule has 0 aromatic carbocycles. The number of carboxylic acids is 1. The Morgan fingerprint density at radius 2 is 2.15 bits per heavy atom. The second kappa shape index (κ2) is 5.31. The Morgan fingerprint density at radius 1 is 1.40 bits per heavy atom. The second-order valence-electron chi connectivity index (χ2n) is 5.87. The number of thioether (sulfide) groups is 1. The standard InChI is InChI=1S/C14H20N2O3S/c1-9-3-2-6-15(7-9)14(19)16-11(13(17)18)8-20-12(16)10-4-5-10/h3,10-12H,2,4-8H2,1H3,(H,17,18). The molecule has 2 unspecified atom stereocenters. The number of carboxylic acid groups (broad SMARTS) is 1. The van der Waals surface area contributed by atoms with Crippen molar-refractivity contribution in [1.82, 2.24) is 9.80 Å². The van der Waals surface area contributed by atoms with Gasteiger partial charge < -0.3 is 10.0 Å². The highest BCUT2D eigenvalue weighted by Crippen LogP contribution is 2.45. The van der Waals surface area contributed by atoms with Gasteiger partial charge in [0.05, 0.1) is 5.37 Å². The van der Waals surface area contributed by atoms with Crippen LogP contribution in [-0.2, 0) is 4.79 Å². The summed E-state index contributed by atoms with van der Waals surface area (Å²) in [7, 11) is 0. The molecule has 0 spiro atoms. The molecule has 2 amide bonds. The molecule has 3 rings (SSSR count). The number of carbonyl (C=O) groups is 2. The van der Waals surface area contributed by atoms with Crippen molar-refractivity contribution < 1.29 is 14.7 Å². The molecule has 5 nitrogen and oxygen atoms in total. The van der Waals surface area contributed by atoms with Crippen LogP contribution in [0.1, 0.15) is 26.2 Å². The van der Waals surface area contributed by atoms with E-state index >= 15 is 0 Å². The third kappa shape index (κ3) is 2.53. The first-order valence-corrected chi connectivity index (χ1v) is 8.20. The van der Waals surface area contributed by atoms with Gasteiger partial charge in [-0.2, -0.15) is 0 Å². The summed E-state index contributed by atoms with van der Waals surface area (Å²) in [4.78, 5) is 27.6. The fourth-order valence-electron chi connectivity index (χ4n) is 2.94. The highest BCUT2D eigenvalue weighted by atomic mass is 32.2. The van der Waals surface area contributed by atoms with Crippen molar-refractivity contribution in [2.24, 2.45) is 5.92 Å². The normalized spacial score (nSPS) is 30.4. The van der Waals surface area contributed by atoms with Crippen molar-refractivity contribution in [3.05, 3.63) is 11.6 Å². The van der Waals surface area contributed by atoms with E-state index in [0.29, 0.717) is 24.8 Å². The van der Waals surface area contributed by atoms with Crippen molar-refractivity contribution in [1.29, 1.82) is 0 Å². The molecule has 1 aliphatic carbocycles. The molecule has 1 saturated carbocycles. The molecule has 2 atom stereocenters. The van der Waals surface area contributed by atoms with Crippen molar-refractivity contribution in [3.63, 3.8) is 0 Å². The van der Waals surface area contributed by atoms with E-state index in [9.17, 15) is 14.7 Å². The maximum Gasteiger partial charge on any atom is 0.327 e. The van der Waals surface area contributed by atoms with Crippen LogP contribution in [0.3, 0.4) is 0 Å². The maximum atomic E-state index is 12.8. The van der Waals surface area contributed by atoms with Crippen molar-refractivity contribution >= 4 is 23.8 Å². The van der Waals surface area contributed by atoms with E-state index in [1.165, 1.54) is 5.57 Å². The van der Waals surface area contributed by atoms with Crippen LogP contribution >= 0.6 is 11.8 Å². The molecule has 3 aliphatic rings. The van der Waals surface area contributed by atoms with Crippen LogP contribution in [0.25, 0.3) is 0 Å². The third-order valence-corrected chi connectivity index (χ3v) is 5.63. The van der Waals surface area contributed by atoms with E-state index < -0.39 is 12.0 Å². The molecule has 1 saturated heterocycles. The number of nitrogens with zero attached hydrogens (tertiary/aromatic N) is 2. The minimum absolute atomic E-state index is 0.0646. The Balaban J connectivity index is 1.78. The molecule has 1 N–H and O–H groups in total. The smallest absolute Gasteiger partial charge is 0.327 e. The van der Waals surface area contributed by atoms with Crippen LogP contribution in [0.15, 0.2) is 11.6 Å². The minimum atomic E-state index is -0.877. The van der Waals surface area contributed by atoms with Crippen molar-refractivity contribution in [2.45, 2.75) is 37.6 Å². The lowest BCUT2D eigenvalue weighted by molar-refractivity contribution is -0.141. The SMILES string of the molecule is CC1=CCCN(C(=O)N2C(C(=O)O)CSC2C2CC2)C1. The third-order valence-electron chi connectivity index (χ3n) is 4.17. The monoisotopic (exact) mass is 296 g/mol. The summed E-state index contributed by atoms with van der Waals surface area (Å²) >= 11 is 1.63. The largest absolute Gasteiger partial charge is 0.480 e. The van der Waals surface area contributed by atoms with Gasteiger partial charge in [0.15, 0.2) is 0 Å². The lowest BCUT2D eigenvalue weighted by Crippen LogP contribution is -2.53. The Hall–Kier alpha value is -1.17. The van der Waals surface area contributed by atoms with Crippen LogP contribution in [0, 0.1) is 5.92 Å². The van der Waals surface area contributed by atoms with Crippen LogP contribution < -0.4 is 0 Å². The lowest BCUT2D eigenvalue weighted by Gasteiger charge is -2.35. The summed E-state index contributed by atoms with van der Waals surface area (Å²) in [6.07, 6.45) is 5.25. The Kier molecular flexibility index (Phi) is 3.67. The van der Waals surface area contributed by atoms with E-state index in [2.05, 4.69) is 6.08 Å². The summed E-state index contributed by atoms with van der Waals surface area (Å²) in [5.74, 6) is 0.137. The average Bonchev–Trinajstić information content (AvgIpc) is 3.16. The first kappa shape index (κ1) is 13.8. The van der Waals surface area contributed by atoms with Crippen LogP contribution in [-0.4, -0.2) is 57.2 Å². The molecule has 2 aliphatic heterocycles. The molecule has 20 heavy (non-hydrogen) atoms. The van der Waals surface area contributed by atoms with Crippen LogP contribution in [0.4, 0.5) is 4.79 Å². The zero-order chi connectivity index (χ0) is 14.3. The van der Waals surface area contributed by atoms with Gasteiger partial charge in [-0.25, -0.2) is 9.59 Å². The van der Waals surface area contributed by atoms with Crippen LogP contribution in [0.2, 0.25) is 0 Å². The highest BCUT2D eigenvalue weighted by Gasteiger charge is 2.49. The number of hydrogen-bond acceptors (Lipinski definition) is 3. The Labute approximate surface area is 123 Å². The first-order valence-electron chi connectivity index (χ1n) is 7.15. The molecular weight excluding hydrogens is 276 g/mol. The number of hydrogen-bond donors (Lipinski definition) is 1. The number of urea groups is 1. The van der Waals surface area contributed by atoms with E-state index in [0.717, 1.165) is 19.3 Å². The lowest BCUT2D eigenvalue weighted by atomic mass is 10.1. The first-order chi connectivity index (χ1) is 9.58. The fraction of sp³-hybridized carbons (Fsp3) is 0.714. The number of amides is 2. The van der Waals surface area contributed by atoms with Gasteiger partial charge in [0.2, 0.25) is 0 Å². The van der Waals surface area contributed by atoms with E-state index in [-0.39, 0.29) is 11.4 Å². The van der Waals surface area contributed by atoms with Gasteiger partial charge in [0, 0.05) is 18.8 Å². The van der Waals surface area contributed by atoms with E-state index in [4.69, 9.17) is 0 Å². The predicted molar refractivity (Wildman–Crippen MR) is 77.6 cm³/mol. The summed E-state index contributed by atoms with van der Waals surface area (Å²) in [5.41, 5.74) is 1.19. The number of rotatable bonds is 2. The molecule has 0 aromatic heterocycles. The highest BCUT2D eigenvalue weighted by molar-refractivity contribution is 8.00. The molecule has 2 heterocycles. The van der Waals surface area contributed by atoms with Gasteiger partial charge in [-0.3, -0.25) is 4.90 Å². The zero-order valence-corrected chi connectivity index (χ0v) is 12.4. The average molecular weight is 296 g/mol. The second-order valence-corrected chi connectivity index (χ2v) is 7.02. The molecule has 0 radical (unpaired) electrons. The summed E-state index contributed by atoms with van der Waals surface area (Å²) < 4.78 is 0. The van der Waals surface area contributed by atoms with Gasteiger partial charge in [0.25, 0.3) is 0 Å². The number of carbonyl (C=O) groups excluding carboxylic acids is 1. The quantitative estimate of drug-likeness (QED) is 0.792. The summed E-state index contributed by atoms with van der Waals surface area (Å²) in [5, 5.41) is 9.43. The van der Waals surface area contributed by atoms with E-state index in [1.807, 2.05) is 6.92 Å². The van der Waals surface area contributed by atoms with Crippen molar-refractivity contribution in [2.75, 3.05) is 18.8 Å². The molecule has 6 heteroatoms. The maximum absolute atomic E-state index is 12.8. The molecule has 110 valence electrons. The molecule has 2 fully saturated rings. The van der Waals surface area contributed by atoms with Gasteiger partial charge in [-0.15, -0.1) is 11.8 Å². The topological polar surface area (TPSA) is 60.9 Å². The summed E-state index contributed by atoms with van der Waals surface area (Å²) in [6, 6.07) is -0.754. The molecule has 0 aromatic rings. The predicted octanol–water partition coefficient (Wildman–Crippen LogP) is 2.00. The fourth-order valence-corrected chi connectivity index (χ4v) is 4.57. The summed E-state index contributed by atoms with van der Waals surface area (Å²) in [6.45, 7) is 3.34. The minimum Gasteiger partial charge on any atom is -0.480 e. The van der Waals surface area contributed by atoms with Gasteiger partial charge >= 0.3 is 12.0 Å². The number of aliphatic carboxylic acids is 1. The van der Waals surface area contributed by atoms with Gasteiger partial charge in [-0.05, 0) is 32.1 Å². The molecule has 0 bridgehead atoms. The van der Waals surface area contributed by atoms with Gasteiger partial charge in [-0.1, -0.05) is 11.6 Å². The van der Waals surface area contributed by atoms with Crippen molar-refractivity contribution in [3.8, 4) is 0 Å². The molecular formula is C14H20N2O3S. The Bertz CT molecular complexity index is 461. The Morgan fingerprint density at radius 3 is 2.75 bits per heavy atom. The van der Waals surface area contributed by atoms with Gasteiger partial charge in [0.1, 0.15) is 6.04 Å².